The maximum Gasteiger partial charge on any atom is 0.325 e. The Hall–Kier alpha value is -3.13. The van der Waals surface area contributed by atoms with E-state index in [2.05, 4.69) is 11.9 Å². The van der Waals surface area contributed by atoms with Gasteiger partial charge in [-0.3, -0.25) is 9.59 Å². The smallest absolute Gasteiger partial charge is 0.325 e. The number of esters is 1. The van der Waals surface area contributed by atoms with Gasteiger partial charge in [0.15, 0.2) is 4.80 Å². The minimum Gasteiger partial charge on any atom is -0.497 e. The third-order valence-electron chi connectivity index (χ3n) is 4.47. The predicted octanol–water partition coefficient (Wildman–Crippen LogP) is 3.20. The van der Waals surface area contributed by atoms with E-state index in [1.165, 1.54) is 38.2 Å². The highest BCUT2D eigenvalue weighted by Gasteiger charge is 2.14. The fourth-order valence-electron chi connectivity index (χ4n) is 2.85. The molecule has 0 atom stereocenters. The number of hydrogen-bond donors (Lipinski definition) is 0. The molecule has 7 nitrogen and oxygen atoms in total. The van der Waals surface area contributed by atoms with Gasteiger partial charge in [-0.25, -0.2) is 0 Å². The summed E-state index contributed by atoms with van der Waals surface area (Å²) in [5.41, 5.74) is 2.32. The number of thiazole rings is 1. The number of ether oxygens (including phenoxy) is 3. The lowest BCUT2D eigenvalue weighted by Gasteiger charge is -2.06. The van der Waals surface area contributed by atoms with Crippen LogP contribution in [0, 0.1) is 0 Å². The molecule has 0 spiro atoms. The number of carbonyl (C=O) groups is 2. The van der Waals surface area contributed by atoms with E-state index in [9.17, 15) is 9.59 Å². The van der Waals surface area contributed by atoms with Gasteiger partial charge >= 0.3 is 5.97 Å². The molecule has 152 valence electrons. The van der Waals surface area contributed by atoms with Crippen LogP contribution in [-0.4, -0.2) is 37.8 Å². The summed E-state index contributed by atoms with van der Waals surface area (Å²) in [6, 6.07) is 10.9. The molecule has 2 aromatic carbocycles. The maximum absolute atomic E-state index is 12.9. The van der Waals surface area contributed by atoms with Crippen LogP contribution in [0.15, 0.2) is 41.4 Å². The monoisotopic (exact) mass is 414 g/mol. The van der Waals surface area contributed by atoms with Crippen LogP contribution in [-0.2, 0) is 22.5 Å². The van der Waals surface area contributed by atoms with Crippen LogP contribution in [0.1, 0.15) is 22.8 Å². The summed E-state index contributed by atoms with van der Waals surface area (Å²) in [5, 5.41) is 0. The Bertz CT molecular complexity index is 1110. The molecule has 0 unspecified atom stereocenters. The van der Waals surface area contributed by atoms with Gasteiger partial charge in [-0.2, -0.15) is 4.99 Å². The number of carbonyl (C=O) groups excluding carboxylic acids is 2. The Morgan fingerprint density at radius 2 is 1.72 bits per heavy atom. The normalized spacial score (nSPS) is 11.5. The summed E-state index contributed by atoms with van der Waals surface area (Å²) in [5.74, 6) is 0.118. The van der Waals surface area contributed by atoms with Crippen molar-refractivity contribution in [2.24, 2.45) is 4.99 Å². The lowest BCUT2D eigenvalue weighted by molar-refractivity contribution is -0.141. The minimum absolute atomic E-state index is 0.0322. The molecule has 0 aliphatic carbocycles. The fraction of sp³-hybridized carbons (Fsp3) is 0.286. The minimum atomic E-state index is -0.455. The van der Waals surface area contributed by atoms with Gasteiger partial charge in [0.25, 0.3) is 5.91 Å². The predicted molar refractivity (Wildman–Crippen MR) is 111 cm³/mol. The number of methoxy groups -OCH3 is 3. The van der Waals surface area contributed by atoms with E-state index in [4.69, 9.17) is 14.2 Å². The summed E-state index contributed by atoms with van der Waals surface area (Å²) < 4.78 is 17.9. The van der Waals surface area contributed by atoms with E-state index >= 15 is 0 Å². The van der Waals surface area contributed by atoms with Crippen molar-refractivity contribution in [1.82, 2.24) is 4.57 Å². The van der Waals surface area contributed by atoms with Crippen molar-refractivity contribution in [2.45, 2.75) is 19.9 Å². The number of nitrogens with zero attached hydrogens (tertiary/aromatic N) is 2. The van der Waals surface area contributed by atoms with Crippen LogP contribution in [0.5, 0.6) is 11.5 Å². The highest BCUT2D eigenvalue weighted by atomic mass is 32.1. The molecule has 0 aliphatic rings. The van der Waals surface area contributed by atoms with Gasteiger partial charge in [-0.15, -0.1) is 0 Å². The fourth-order valence-corrected chi connectivity index (χ4v) is 3.94. The van der Waals surface area contributed by atoms with Gasteiger partial charge in [0.2, 0.25) is 0 Å². The molecule has 1 heterocycles. The van der Waals surface area contributed by atoms with Crippen LogP contribution in [0.4, 0.5) is 0 Å². The standard InChI is InChI=1S/C21H22N2O5S/c1-5-13-6-7-17-18(8-13)29-21(23(17)12-19(24)28-4)22-20(25)14-9-15(26-2)11-16(10-14)27-3/h6-11H,5,12H2,1-4H3. The summed E-state index contributed by atoms with van der Waals surface area (Å²) in [6.45, 7) is 2.04. The second-order valence-electron chi connectivity index (χ2n) is 6.22. The van der Waals surface area contributed by atoms with Crippen LogP contribution in [0.2, 0.25) is 0 Å². The number of aromatic nitrogens is 1. The van der Waals surface area contributed by atoms with E-state index < -0.39 is 11.9 Å². The van der Waals surface area contributed by atoms with E-state index in [1.54, 1.807) is 22.8 Å². The van der Waals surface area contributed by atoms with Gasteiger partial charge in [0, 0.05) is 11.6 Å². The first kappa shape index (κ1) is 20.6. The molecule has 0 saturated heterocycles. The first-order valence-corrected chi connectivity index (χ1v) is 9.82. The molecule has 0 fully saturated rings. The van der Waals surface area contributed by atoms with Crippen molar-refractivity contribution in [2.75, 3.05) is 21.3 Å². The second-order valence-corrected chi connectivity index (χ2v) is 7.23. The number of aryl methyl sites for hydroxylation is 1. The number of hydrogen-bond acceptors (Lipinski definition) is 6. The molecule has 0 saturated carbocycles. The van der Waals surface area contributed by atoms with E-state index in [1.807, 2.05) is 18.2 Å². The Labute approximate surface area is 172 Å². The highest BCUT2D eigenvalue weighted by molar-refractivity contribution is 7.16. The molecule has 0 bridgehead atoms. The molecule has 1 amide bonds. The molecule has 3 aromatic rings. The quantitative estimate of drug-likeness (QED) is 0.579. The molecule has 0 N–H and O–H groups in total. The topological polar surface area (TPSA) is 79.1 Å². The number of rotatable bonds is 6. The van der Waals surface area contributed by atoms with Crippen molar-refractivity contribution in [1.29, 1.82) is 0 Å². The van der Waals surface area contributed by atoms with Gasteiger partial charge in [0.1, 0.15) is 18.0 Å². The van der Waals surface area contributed by atoms with Crippen LogP contribution < -0.4 is 14.3 Å². The third-order valence-corrected chi connectivity index (χ3v) is 5.51. The third kappa shape index (κ3) is 4.48. The Morgan fingerprint density at radius 1 is 1.03 bits per heavy atom. The molecule has 8 heteroatoms. The molecule has 29 heavy (non-hydrogen) atoms. The molecular formula is C21H22N2O5S. The first-order chi connectivity index (χ1) is 14.0. The van der Waals surface area contributed by atoms with Gasteiger partial charge in [-0.05, 0) is 36.2 Å². The molecule has 1 aromatic heterocycles. The van der Waals surface area contributed by atoms with Crippen molar-refractivity contribution < 1.29 is 23.8 Å². The zero-order valence-electron chi connectivity index (χ0n) is 16.7. The summed E-state index contributed by atoms with van der Waals surface area (Å²) in [6.07, 6.45) is 0.889. The zero-order chi connectivity index (χ0) is 21.0. The van der Waals surface area contributed by atoms with Crippen molar-refractivity contribution in [3.8, 4) is 11.5 Å². The van der Waals surface area contributed by atoms with Crippen LogP contribution in [0.25, 0.3) is 10.2 Å². The summed E-state index contributed by atoms with van der Waals surface area (Å²) >= 11 is 1.35. The lowest BCUT2D eigenvalue weighted by Crippen LogP contribution is -2.22. The SMILES string of the molecule is CCc1ccc2c(c1)sc(=NC(=O)c1cc(OC)cc(OC)c1)n2CC(=O)OC. The highest BCUT2D eigenvalue weighted by Crippen LogP contribution is 2.23. The average Bonchev–Trinajstić information content (AvgIpc) is 3.08. The van der Waals surface area contributed by atoms with E-state index in [0.29, 0.717) is 21.9 Å². The number of amides is 1. The number of benzene rings is 2. The summed E-state index contributed by atoms with van der Waals surface area (Å²) in [7, 11) is 4.36. The molecule has 0 radical (unpaired) electrons. The van der Waals surface area contributed by atoms with Crippen LogP contribution in [0.3, 0.4) is 0 Å². The van der Waals surface area contributed by atoms with Gasteiger partial charge in [0.05, 0.1) is 31.5 Å². The average molecular weight is 414 g/mol. The van der Waals surface area contributed by atoms with Crippen molar-refractivity contribution in [3.63, 3.8) is 0 Å². The Morgan fingerprint density at radius 3 is 2.31 bits per heavy atom. The number of fused-ring (bicyclic) bond motifs is 1. The molecule has 0 aliphatic heterocycles. The largest absolute Gasteiger partial charge is 0.497 e. The Balaban J connectivity index is 2.14. The zero-order valence-corrected chi connectivity index (χ0v) is 17.5. The Kier molecular flexibility index (Phi) is 6.33. The van der Waals surface area contributed by atoms with Crippen molar-refractivity contribution in [3.05, 3.63) is 52.3 Å². The maximum atomic E-state index is 12.9. The molecular weight excluding hydrogens is 392 g/mol. The summed E-state index contributed by atoms with van der Waals surface area (Å²) in [4.78, 5) is 29.5. The van der Waals surface area contributed by atoms with Crippen molar-refractivity contribution >= 4 is 33.4 Å². The lowest BCUT2D eigenvalue weighted by atomic mass is 10.2. The van der Waals surface area contributed by atoms with Gasteiger partial charge in [-0.1, -0.05) is 24.3 Å². The van der Waals surface area contributed by atoms with E-state index in [-0.39, 0.29) is 6.54 Å². The van der Waals surface area contributed by atoms with E-state index in [0.717, 1.165) is 16.6 Å². The first-order valence-electron chi connectivity index (χ1n) is 9.00. The second kappa shape index (κ2) is 8.91. The molecule has 3 rings (SSSR count). The van der Waals surface area contributed by atoms with Crippen LogP contribution >= 0.6 is 11.3 Å². The van der Waals surface area contributed by atoms with Gasteiger partial charge < -0.3 is 18.8 Å².